The zero-order valence-corrected chi connectivity index (χ0v) is 11.4. The van der Waals surface area contributed by atoms with Gasteiger partial charge in [-0.1, -0.05) is 11.6 Å². The molecule has 18 heavy (non-hydrogen) atoms. The molecule has 0 aromatic heterocycles. The smallest absolute Gasteiger partial charge is 0.335 e. The van der Waals surface area contributed by atoms with Gasteiger partial charge in [0.1, 0.15) is 0 Å². The molecule has 0 saturated carbocycles. The molecule has 0 bridgehead atoms. The Morgan fingerprint density at radius 1 is 1.39 bits per heavy atom. The average Bonchev–Trinajstić information content (AvgIpc) is 2.35. The number of carboxylic acids is 1. The molecule has 1 rings (SSSR count). The minimum absolute atomic E-state index is 0.183. The molecular formula is C12H16ClNO3S. The Kier molecular flexibility index (Phi) is 6.93. The van der Waals surface area contributed by atoms with E-state index in [9.17, 15) is 4.79 Å². The third-order valence-electron chi connectivity index (χ3n) is 2.22. The van der Waals surface area contributed by atoms with Crippen molar-refractivity contribution < 1.29 is 15.0 Å². The fourth-order valence-corrected chi connectivity index (χ4v) is 2.35. The number of hydrogen-bond donors (Lipinski definition) is 3. The number of carboxylic acid groups (broad SMARTS) is 1. The Morgan fingerprint density at radius 2 is 2.17 bits per heavy atom. The van der Waals surface area contributed by atoms with Crippen molar-refractivity contribution in [3.63, 3.8) is 0 Å². The maximum atomic E-state index is 10.7. The van der Waals surface area contributed by atoms with Gasteiger partial charge < -0.3 is 15.5 Å². The van der Waals surface area contributed by atoms with Crippen molar-refractivity contribution in [1.29, 1.82) is 0 Å². The number of nitrogens with one attached hydrogen (secondary N) is 1. The zero-order chi connectivity index (χ0) is 13.4. The van der Waals surface area contributed by atoms with Crippen LogP contribution in [-0.4, -0.2) is 40.8 Å². The second-order valence-electron chi connectivity index (χ2n) is 3.62. The van der Waals surface area contributed by atoms with Crippen LogP contribution in [0.2, 0.25) is 5.02 Å². The summed E-state index contributed by atoms with van der Waals surface area (Å²) in [6.07, 6.45) is 0.804. The van der Waals surface area contributed by atoms with Gasteiger partial charge in [0.25, 0.3) is 0 Å². The summed E-state index contributed by atoms with van der Waals surface area (Å²) in [5, 5.41) is 21.0. The van der Waals surface area contributed by atoms with Gasteiger partial charge in [-0.25, -0.2) is 4.79 Å². The molecule has 0 aliphatic rings. The molecule has 0 unspecified atom stereocenters. The zero-order valence-electron chi connectivity index (χ0n) is 9.86. The first-order valence-electron chi connectivity index (χ1n) is 5.60. The minimum atomic E-state index is -0.983. The SMILES string of the molecule is O=C(O)c1ccc(NCCSCCCO)c(Cl)c1. The number of halogens is 1. The number of carbonyl (C=O) groups is 1. The minimum Gasteiger partial charge on any atom is -0.478 e. The number of thioether (sulfide) groups is 1. The molecule has 1 aromatic carbocycles. The van der Waals surface area contributed by atoms with Crippen LogP contribution in [0.1, 0.15) is 16.8 Å². The van der Waals surface area contributed by atoms with E-state index >= 15 is 0 Å². The third-order valence-corrected chi connectivity index (χ3v) is 3.61. The van der Waals surface area contributed by atoms with E-state index in [-0.39, 0.29) is 12.2 Å². The summed E-state index contributed by atoms with van der Waals surface area (Å²) in [6.45, 7) is 0.977. The number of aliphatic hydroxyl groups excluding tert-OH is 1. The van der Waals surface area contributed by atoms with Gasteiger partial charge in [0.2, 0.25) is 0 Å². The van der Waals surface area contributed by atoms with Gasteiger partial charge in [-0.2, -0.15) is 11.8 Å². The van der Waals surface area contributed by atoms with Crippen molar-refractivity contribution in [3.8, 4) is 0 Å². The van der Waals surface area contributed by atoms with Crippen molar-refractivity contribution >= 4 is 35.0 Å². The van der Waals surface area contributed by atoms with Gasteiger partial charge in [-0.15, -0.1) is 0 Å². The first-order chi connectivity index (χ1) is 8.65. The summed E-state index contributed by atoms with van der Waals surface area (Å²) < 4.78 is 0. The third kappa shape index (κ3) is 5.16. The molecule has 3 N–H and O–H groups in total. The second kappa shape index (κ2) is 8.24. The normalized spacial score (nSPS) is 10.3. The summed E-state index contributed by atoms with van der Waals surface area (Å²) in [5.41, 5.74) is 0.923. The van der Waals surface area contributed by atoms with Crippen LogP contribution in [0.15, 0.2) is 18.2 Å². The molecule has 0 saturated heterocycles. The lowest BCUT2D eigenvalue weighted by molar-refractivity contribution is 0.0697. The highest BCUT2D eigenvalue weighted by atomic mass is 35.5. The quantitative estimate of drug-likeness (QED) is 0.642. The number of anilines is 1. The number of rotatable bonds is 8. The molecule has 100 valence electrons. The molecule has 0 aliphatic carbocycles. The summed E-state index contributed by atoms with van der Waals surface area (Å²) >= 11 is 7.72. The maximum Gasteiger partial charge on any atom is 0.335 e. The number of aromatic carboxylic acids is 1. The fraction of sp³-hybridized carbons (Fsp3) is 0.417. The van der Waals surface area contributed by atoms with E-state index in [1.165, 1.54) is 12.1 Å². The largest absolute Gasteiger partial charge is 0.478 e. The summed E-state index contributed by atoms with van der Waals surface area (Å²) in [7, 11) is 0. The molecule has 0 aliphatic heterocycles. The Bertz CT molecular complexity index is 401. The molecule has 0 amide bonds. The van der Waals surface area contributed by atoms with Crippen LogP contribution in [0.4, 0.5) is 5.69 Å². The first kappa shape index (κ1) is 15.1. The molecule has 1 aromatic rings. The van der Waals surface area contributed by atoms with Gasteiger partial charge in [0.15, 0.2) is 0 Å². The van der Waals surface area contributed by atoms with E-state index in [2.05, 4.69) is 5.32 Å². The molecule has 6 heteroatoms. The van der Waals surface area contributed by atoms with E-state index in [0.29, 0.717) is 5.02 Å². The topological polar surface area (TPSA) is 69.6 Å². The van der Waals surface area contributed by atoms with Crippen molar-refractivity contribution in [2.45, 2.75) is 6.42 Å². The highest BCUT2D eigenvalue weighted by Gasteiger charge is 2.06. The summed E-state index contributed by atoms with van der Waals surface area (Å²) in [6, 6.07) is 4.63. The van der Waals surface area contributed by atoms with Crippen LogP contribution in [-0.2, 0) is 0 Å². The highest BCUT2D eigenvalue weighted by molar-refractivity contribution is 7.99. The van der Waals surface area contributed by atoms with Crippen LogP contribution in [0.5, 0.6) is 0 Å². The van der Waals surface area contributed by atoms with Gasteiger partial charge in [0.05, 0.1) is 16.3 Å². The fourth-order valence-electron chi connectivity index (χ4n) is 1.32. The first-order valence-corrected chi connectivity index (χ1v) is 7.13. The maximum absolute atomic E-state index is 10.7. The van der Waals surface area contributed by atoms with Crippen molar-refractivity contribution in [1.82, 2.24) is 0 Å². The predicted molar refractivity (Wildman–Crippen MR) is 75.9 cm³/mol. The molecule has 0 spiro atoms. The lowest BCUT2D eigenvalue weighted by Crippen LogP contribution is -2.06. The van der Waals surface area contributed by atoms with Gasteiger partial charge in [-0.3, -0.25) is 0 Å². The Balaban J connectivity index is 2.36. The Morgan fingerprint density at radius 3 is 2.78 bits per heavy atom. The van der Waals surface area contributed by atoms with Gasteiger partial charge in [0, 0.05) is 18.9 Å². The van der Waals surface area contributed by atoms with Crippen LogP contribution in [0.3, 0.4) is 0 Å². The predicted octanol–water partition coefficient (Wildman–Crippen LogP) is 2.57. The van der Waals surface area contributed by atoms with Gasteiger partial charge in [-0.05, 0) is 30.4 Å². The van der Waals surface area contributed by atoms with E-state index in [1.54, 1.807) is 17.8 Å². The summed E-state index contributed by atoms with van der Waals surface area (Å²) in [4.78, 5) is 10.7. The van der Waals surface area contributed by atoms with Crippen molar-refractivity contribution in [3.05, 3.63) is 28.8 Å². The molecule has 0 heterocycles. The highest BCUT2D eigenvalue weighted by Crippen LogP contribution is 2.23. The van der Waals surface area contributed by atoms with E-state index in [0.717, 1.165) is 30.2 Å². The molecule has 4 nitrogen and oxygen atoms in total. The van der Waals surface area contributed by atoms with Gasteiger partial charge >= 0.3 is 5.97 Å². The van der Waals surface area contributed by atoms with E-state index in [4.69, 9.17) is 21.8 Å². The van der Waals surface area contributed by atoms with E-state index in [1.807, 2.05) is 0 Å². The molecule has 0 fully saturated rings. The van der Waals surface area contributed by atoms with Crippen LogP contribution in [0, 0.1) is 0 Å². The Hall–Kier alpha value is -0.910. The summed E-state index contributed by atoms with van der Waals surface area (Å²) in [5.74, 6) is 0.865. The molecular weight excluding hydrogens is 274 g/mol. The number of hydrogen-bond acceptors (Lipinski definition) is 4. The van der Waals surface area contributed by atoms with Crippen molar-refractivity contribution in [2.75, 3.05) is 30.0 Å². The van der Waals surface area contributed by atoms with Crippen LogP contribution >= 0.6 is 23.4 Å². The number of aliphatic hydroxyl groups is 1. The van der Waals surface area contributed by atoms with Crippen LogP contribution in [0.25, 0.3) is 0 Å². The standard InChI is InChI=1S/C12H16ClNO3S/c13-10-8-9(12(16)17)2-3-11(10)14-4-7-18-6-1-5-15/h2-3,8,14-15H,1,4-7H2,(H,16,17). The number of benzene rings is 1. The molecule has 0 radical (unpaired) electrons. The average molecular weight is 290 g/mol. The monoisotopic (exact) mass is 289 g/mol. The van der Waals surface area contributed by atoms with E-state index < -0.39 is 5.97 Å². The second-order valence-corrected chi connectivity index (χ2v) is 5.25. The van der Waals surface area contributed by atoms with Crippen molar-refractivity contribution in [2.24, 2.45) is 0 Å². The Labute approximate surface area is 115 Å². The lowest BCUT2D eigenvalue weighted by Gasteiger charge is -2.08. The van der Waals surface area contributed by atoms with Crippen LogP contribution < -0.4 is 5.32 Å². The lowest BCUT2D eigenvalue weighted by atomic mass is 10.2. The molecule has 0 atom stereocenters.